The van der Waals surface area contributed by atoms with Crippen LogP contribution in [0.3, 0.4) is 0 Å². The molecule has 2 nitrogen and oxygen atoms in total. The zero-order valence-corrected chi connectivity index (χ0v) is 12.3. The minimum Gasteiger partial charge on any atom is -0.192 e. The molecule has 0 aliphatic rings. The first kappa shape index (κ1) is 16.3. The fourth-order valence-electron chi connectivity index (χ4n) is 1.82. The van der Waals surface area contributed by atoms with Crippen LogP contribution >= 0.6 is 15.9 Å². The second-order valence-corrected chi connectivity index (χ2v) is 5.31. The first-order valence-electron chi connectivity index (χ1n) is 5.63. The molecule has 104 valence electrons. The molecule has 0 aromatic heterocycles. The van der Waals surface area contributed by atoms with Crippen molar-refractivity contribution in [3.05, 3.63) is 39.4 Å². The van der Waals surface area contributed by atoms with Crippen LogP contribution in [0.5, 0.6) is 0 Å². The normalized spacial score (nSPS) is 10.8. The van der Waals surface area contributed by atoms with Crippen molar-refractivity contribution in [3.63, 3.8) is 0 Å². The van der Waals surface area contributed by atoms with Crippen LogP contribution in [0.1, 0.15) is 25.0 Å². The Labute approximate surface area is 123 Å². The first-order valence-corrected chi connectivity index (χ1v) is 6.42. The predicted octanol–water partition coefficient (Wildman–Crippen LogP) is 4.92. The van der Waals surface area contributed by atoms with Crippen molar-refractivity contribution in [2.45, 2.75) is 20.0 Å². The molecule has 0 heterocycles. The maximum Gasteiger partial charge on any atom is 0.416 e. The predicted molar refractivity (Wildman–Crippen MR) is 72.1 cm³/mol. The summed E-state index contributed by atoms with van der Waals surface area (Å²) in [5, 5.41) is 17.9. The summed E-state index contributed by atoms with van der Waals surface area (Å²) in [6.07, 6.45) is -4.49. The van der Waals surface area contributed by atoms with E-state index in [2.05, 4.69) is 15.9 Å². The van der Waals surface area contributed by atoms with Gasteiger partial charge in [-0.15, -0.1) is 0 Å². The molecular weight excluding hydrogens is 333 g/mol. The number of nitriles is 2. The van der Waals surface area contributed by atoms with Crippen molar-refractivity contribution in [1.29, 1.82) is 10.5 Å². The Morgan fingerprint density at radius 2 is 1.70 bits per heavy atom. The van der Waals surface area contributed by atoms with E-state index in [0.717, 1.165) is 12.1 Å². The lowest BCUT2D eigenvalue weighted by Crippen LogP contribution is -2.07. The van der Waals surface area contributed by atoms with Crippen molar-refractivity contribution in [1.82, 2.24) is 0 Å². The summed E-state index contributed by atoms with van der Waals surface area (Å²) < 4.78 is 38.7. The van der Waals surface area contributed by atoms with Crippen molar-refractivity contribution >= 4 is 21.5 Å². The lowest BCUT2D eigenvalue weighted by atomic mass is 9.90. The minimum atomic E-state index is -4.49. The molecule has 0 aliphatic heterocycles. The first-order chi connectivity index (χ1) is 9.20. The Morgan fingerprint density at radius 1 is 1.15 bits per heavy atom. The van der Waals surface area contributed by atoms with Gasteiger partial charge in [0.25, 0.3) is 0 Å². The zero-order chi connectivity index (χ0) is 15.5. The third-order valence-electron chi connectivity index (χ3n) is 2.61. The number of halogens is 4. The van der Waals surface area contributed by atoms with Crippen LogP contribution in [0, 0.1) is 28.6 Å². The second-order valence-electron chi connectivity index (χ2n) is 4.39. The van der Waals surface area contributed by atoms with Gasteiger partial charge < -0.3 is 0 Å². The third kappa shape index (κ3) is 3.61. The smallest absolute Gasteiger partial charge is 0.192 e. The summed E-state index contributed by atoms with van der Waals surface area (Å²) in [5.41, 5.74) is -0.469. The van der Waals surface area contributed by atoms with Gasteiger partial charge in [0.1, 0.15) is 17.7 Å². The van der Waals surface area contributed by atoms with E-state index in [1.54, 1.807) is 26.0 Å². The van der Waals surface area contributed by atoms with Crippen molar-refractivity contribution in [2.24, 2.45) is 5.92 Å². The van der Waals surface area contributed by atoms with Gasteiger partial charge >= 0.3 is 6.18 Å². The Kier molecular flexibility index (Phi) is 4.97. The summed E-state index contributed by atoms with van der Waals surface area (Å²) in [7, 11) is 0. The van der Waals surface area contributed by atoms with Gasteiger partial charge in [-0.1, -0.05) is 29.8 Å². The van der Waals surface area contributed by atoms with Crippen molar-refractivity contribution in [2.75, 3.05) is 0 Å². The molecule has 0 atom stereocenters. The molecule has 0 aliphatic carbocycles. The topological polar surface area (TPSA) is 47.6 Å². The Morgan fingerprint density at radius 3 is 2.10 bits per heavy atom. The van der Waals surface area contributed by atoms with Crippen LogP contribution in [0.15, 0.2) is 28.2 Å². The Balaban J connectivity index is 3.61. The van der Waals surface area contributed by atoms with E-state index in [4.69, 9.17) is 10.5 Å². The number of hydrogen-bond donors (Lipinski definition) is 0. The molecule has 0 amide bonds. The van der Waals surface area contributed by atoms with Gasteiger partial charge in [0, 0.05) is 4.47 Å². The molecule has 0 bridgehead atoms. The van der Waals surface area contributed by atoms with Crippen LogP contribution < -0.4 is 0 Å². The third-order valence-corrected chi connectivity index (χ3v) is 3.06. The molecule has 1 aromatic carbocycles. The summed E-state index contributed by atoms with van der Waals surface area (Å²) in [6.45, 7) is 3.44. The quantitative estimate of drug-likeness (QED) is 0.715. The second kappa shape index (κ2) is 6.11. The molecule has 0 fully saturated rings. The average molecular weight is 343 g/mol. The highest BCUT2D eigenvalue weighted by Crippen LogP contribution is 2.36. The molecule has 0 spiro atoms. The van der Waals surface area contributed by atoms with Gasteiger partial charge in [0.2, 0.25) is 0 Å². The molecule has 0 unspecified atom stereocenters. The number of benzene rings is 1. The van der Waals surface area contributed by atoms with Gasteiger partial charge in [0.05, 0.1) is 5.56 Å². The number of hydrogen-bond acceptors (Lipinski definition) is 2. The highest BCUT2D eigenvalue weighted by molar-refractivity contribution is 9.10. The lowest BCUT2D eigenvalue weighted by Gasteiger charge is -2.15. The van der Waals surface area contributed by atoms with E-state index < -0.39 is 11.7 Å². The van der Waals surface area contributed by atoms with Crippen molar-refractivity contribution < 1.29 is 13.2 Å². The van der Waals surface area contributed by atoms with E-state index >= 15 is 0 Å². The fraction of sp³-hybridized carbons (Fsp3) is 0.286. The van der Waals surface area contributed by atoms with Crippen LogP contribution in [0.2, 0.25) is 0 Å². The number of nitrogens with zero attached hydrogens (tertiary/aromatic N) is 2. The van der Waals surface area contributed by atoms with Crippen LogP contribution in [-0.2, 0) is 6.18 Å². The SMILES string of the molecule is CC(C)C(=C(C#N)C#N)c1cc(Br)cc(C(F)(F)F)c1. The van der Waals surface area contributed by atoms with Gasteiger partial charge in [0.15, 0.2) is 0 Å². The molecule has 1 aromatic rings. The minimum absolute atomic E-state index is 0.175. The van der Waals surface area contributed by atoms with Gasteiger partial charge in [-0.2, -0.15) is 23.7 Å². The largest absolute Gasteiger partial charge is 0.416 e. The number of rotatable bonds is 2. The van der Waals surface area contributed by atoms with E-state index in [9.17, 15) is 13.2 Å². The van der Waals surface area contributed by atoms with Crippen LogP contribution in [0.25, 0.3) is 5.57 Å². The fourth-order valence-corrected chi connectivity index (χ4v) is 2.31. The van der Waals surface area contributed by atoms with Gasteiger partial charge in [-0.05, 0) is 35.3 Å². The lowest BCUT2D eigenvalue weighted by molar-refractivity contribution is -0.137. The summed E-state index contributed by atoms with van der Waals surface area (Å²) in [6, 6.07) is 6.85. The van der Waals surface area contributed by atoms with Gasteiger partial charge in [-0.3, -0.25) is 0 Å². The van der Waals surface area contributed by atoms with Gasteiger partial charge in [-0.25, -0.2) is 0 Å². The molecule has 0 saturated heterocycles. The van der Waals surface area contributed by atoms with E-state index in [-0.39, 0.29) is 21.5 Å². The maximum atomic E-state index is 12.8. The van der Waals surface area contributed by atoms with Crippen LogP contribution in [-0.4, -0.2) is 0 Å². The highest BCUT2D eigenvalue weighted by atomic mass is 79.9. The molecule has 0 radical (unpaired) electrons. The molecule has 0 saturated carbocycles. The van der Waals surface area contributed by atoms with E-state index in [1.807, 2.05) is 0 Å². The average Bonchev–Trinajstić information content (AvgIpc) is 2.33. The summed E-state index contributed by atoms with van der Waals surface area (Å²) in [5.74, 6) is -0.250. The standard InChI is InChI=1S/C14H10BrF3N2/c1-8(2)13(10(6-19)7-20)9-3-11(14(16,17)18)5-12(15)4-9/h3-5,8H,1-2H3. The number of allylic oxidation sites excluding steroid dienone is 2. The molecule has 0 N–H and O–H groups in total. The molecular formula is C14H10BrF3N2. The molecule has 6 heteroatoms. The Hall–Kier alpha value is -1.79. The Bertz CT molecular complexity index is 615. The van der Waals surface area contributed by atoms with E-state index in [0.29, 0.717) is 5.57 Å². The maximum absolute atomic E-state index is 12.8. The highest BCUT2D eigenvalue weighted by Gasteiger charge is 2.31. The molecule has 1 rings (SSSR count). The van der Waals surface area contributed by atoms with Crippen molar-refractivity contribution in [3.8, 4) is 12.1 Å². The monoisotopic (exact) mass is 342 g/mol. The van der Waals surface area contributed by atoms with Crippen LogP contribution in [0.4, 0.5) is 13.2 Å². The summed E-state index contributed by atoms with van der Waals surface area (Å²) in [4.78, 5) is 0. The zero-order valence-electron chi connectivity index (χ0n) is 10.7. The molecule has 20 heavy (non-hydrogen) atoms. The van der Waals surface area contributed by atoms with E-state index in [1.165, 1.54) is 6.07 Å². The number of alkyl halides is 3. The summed E-state index contributed by atoms with van der Waals surface area (Å²) >= 11 is 3.03.